The van der Waals surface area contributed by atoms with Crippen molar-refractivity contribution < 1.29 is 42.9 Å². The number of anilines is 2. The summed E-state index contributed by atoms with van der Waals surface area (Å²) in [5.41, 5.74) is 9.67. The van der Waals surface area contributed by atoms with Gasteiger partial charge in [-0.15, -0.1) is 12.1 Å². The number of methoxy groups -OCH3 is 1. The van der Waals surface area contributed by atoms with Gasteiger partial charge < -0.3 is 14.5 Å². The molecule has 1 aliphatic rings. The predicted molar refractivity (Wildman–Crippen MR) is 180 cm³/mol. The molecule has 0 atom stereocenters. The zero-order valence-electron chi connectivity index (χ0n) is 27.7. The Bertz CT molecular complexity index is 1290. The third-order valence-corrected chi connectivity index (χ3v) is 7.32. The Morgan fingerprint density at radius 3 is 1.55 bits per heavy atom. The van der Waals surface area contributed by atoms with E-state index in [1.807, 2.05) is 70.7 Å². The van der Waals surface area contributed by atoms with E-state index in [-0.39, 0.29) is 49.0 Å². The summed E-state index contributed by atoms with van der Waals surface area (Å²) in [5, 5.41) is 0. The molecule has 1 radical (unpaired) electrons. The standard InChI is InChI=1S/C20H27O.2C9H12N.Dy/c1-14-12-16(19(2,3)4)18(21-7)17(13-14)20(5,6)15-10-8-9-11-15;2*1-8-6-4-5-7-9(8)10(2)3;/h8-9,12-13H,10H2,1-7H3;2*4-7H,1H2,2-3H3;/q3*-1;+3. The molecule has 229 valence electrons. The van der Waals surface area contributed by atoms with E-state index < -0.39 is 0 Å². The van der Waals surface area contributed by atoms with Crippen molar-refractivity contribution in [2.45, 2.75) is 58.8 Å². The van der Waals surface area contributed by atoms with Gasteiger partial charge in [0.25, 0.3) is 0 Å². The van der Waals surface area contributed by atoms with E-state index in [1.165, 1.54) is 33.6 Å². The van der Waals surface area contributed by atoms with Gasteiger partial charge in [-0.2, -0.15) is 42.7 Å². The maximum absolute atomic E-state index is 5.84. The fourth-order valence-electron chi connectivity index (χ4n) is 4.90. The van der Waals surface area contributed by atoms with Gasteiger partial charge in [-0.25, -0.2) is 12.2 Å². The molecule has 0 amide bonds. The van der Waals surface area contributed by atoms with Gasteiger partial charge >= 0.3 is 38.2 Å². The van der Waals surface area contributed by atoms with Gasteiger partial charge in [0.1, 0.15) is 5.75 Å². The van der Waals surface area contributed by atoms with Crippen LogP contribution in [0.3, 0.4) is 0 Å². The summed E-state index contributed by atoms with van der Waals surface area (Å²) >= 11 is 0. The fourth-order valence-corrected chi connectivity index (χ4v) is 4.90. The molecule has 42 heavy (non-hydrogen) atoms. The molecule has 0 saturated heterocycles. The average Bonchev–Trinajstić information content (AvgIpc) is 3.45. The van der Waals surface area contributed by atoms with E-state index >= 15 is 0 Å². The molecule has 0 N–H and O–H groups in total. The summed E-state index contributed by atoms with van der Waals surface area (Å²) < 4.78 is 5.84. The molecule has 1 aliphatic carbocycles. The van der Waals surface area contributed by atoms with E-state index in [1.54, 1.807) is 7.11 Å². The van der Waals surface area contributed by atoms with Gasteiger partial charge in [-0.3, -0.25) is 6.08 Å². The maximum Gasteiger partial charge on any atom is 3.00 e. The Hall–Kier alpha value is -2.45. The van der Waals surface area contributed by atoms with Crippen LogP contribution in [0.2, 0.25) is 0 Å². The number of benzene rings is 3. The van der Waals surface area contributed by atoms with E-state index in [9.17, 15) is 0 Å². The SMILES string of the molecule is COc1c(C(C)(C)C)cc(C)cc1C(C)(C)C1=[C-]C=CC1.[CH2-]c1ccccc1N(C)C.[CH2-]c1ccccc1N(C)C.[Dy+3]. The number of para-hydroxylation sites is 2. The Morgan fingerprint density at radius 2 is 1.21 bits per heavy atom. The Kier molecular flexibility index (Phi) is 14.7. The van der Waals surface area contributed by atoms with Crippen molar-refractivity contribution in [3.05, 3.63) is 126 Å². The molecule has 0 bridgehead atoms. The summed E-state index contributed by atoms with van der Waals surface area (Å²) in [5.74, 6) is 1.03. The van der Waals surface area contributed by atoms with Crippen LogP contribution in [-0.4, -0.2) is 35.3 Å². The molecule has 4 rings (SSSR count). The van der Waals surface area contributed by atoms with Crippen LogP contribution >= 0.6 is 0 Å². The molecule has 4 heteroatoms. The monoisotopic (exact) mass is 715 g/mol. The van der Waals surface area contributed by atoms with Crippen molar-refractivity contribution in [3.63, 3.8) is 0 Å². The molecule has 3 nitrogen and oxygen atoms in total. The molecule has 3 aromatic carbocycles. The van der Waals surface area contributed by atoms with Crippen molar-refractivity contribution in [2.75, 3.05) is 45.1 Å². The normalized spacial score (nSPS) is 12.1. The second-order valence-corrected chi connectivity index (χ2v) is 12.5. The van der Waals surface area contributed by atoms with Crippen molar-refractivity contribution >= 4 is 11.4 Å². The van der Waals surface area contributed by atoms with E-state index in [4.69, 9.17) is 4.74 Å². The molecule has 0 saturated carbocycles. The first-order valence-electron chi connectivity index (χ1n) is 14.2. The number of ether oxygens (including phenoxy) is 1. The molecule has 0 aliphatic heterocycles. The first-order valence-corrected chi connectivity index (χ1v) is 14.2. The third-order valence-electron chi connectivity index (χ3n) is 7.32. The van der Waals surface area contributed by atoms with Crippen LogP contribution < -0.4 is 14.5 Å². The van der Waals surface area contributed by atoms with Gasteiger partial charge in [-0.1, -0.05) is 94.4 Å². The van der Waals surface area contributed by atoms with Crippen LogP contribution in [-0.2, 0) is 10.8 Å². The number of hydrogen-bond donors (Lipinski definition) is 0. The number of allylic oxidation sites excluding steroid dienone is 4. The molecule has 0 aromatic heterocycles. The fraction of sp³-hybridized carbons (Fsp3) is 0.368. The predicted octanol–water partition coefficient (Wildman–Crippen LogP) is 9.14. The molecular formula is C38H51DyN2O. The molecule has 0 spiro atoms. The quantitative estimate of drug-likeness (QED) is 0.246. The van der Waals surface area contributed by atoms with Crippen LogP contribution in [0, 0.1) is 65.0 Å². The van der Waals surface area contributed by atoms with Crippen molar-refractivity contribution in [3.8, 4) is 5.75 Å². The molecule has 0 heterocycles. The van der Waals surface area contributed by atoms with Crippen molar-refractivity contribution in [1.82, 2.24) is 0 Å². The van der Waals surface area contributed by atoms with Gasteiger partial charge in [0.15, 0.2) is 0 Å². The first kappa shape index (κ1) is 37.6. The summed E-state index contributed by atoms with van der Waals surface area (Å²) in [4.78, 5) is 4.12. The van der Waals surface area contributed by atoms with Crippen LogP contribution in [0.1, 0.15) is 68.9 Å². The minimum absolute atomic E-state index is 0. The second-order valence-electron chi connectivity index (χ2n) is 12.5. The van der Waals surface area contributed by atoms with Gasteiger partial charge in [0.05, 0.1) is 7.11 Å². The zero-order chi connectivity index (χ0) is 31.0. The van der Waals surface area contributed by atoms with Gasteiger partial charge in [-0.05, 0) is 45.9 Å². The van der Waals surface area contributed by atoms with Gasteiger partial charge in [0, 0.05) is 11.1 Å². The number of hydrogen-bond acceptors (Lipinski definition) is 3. The van der Waals surface area contributed by atoms with Crippen LogP contribution in [0.5, 0.6) is 5.75 Å². The molecular weight excluding hydrogens is 663 g/mol. The van der Waals surface area contributed by atoms with Crippen molar-refractivity contribution in [1.29, 1.82) is 0 Å². The third kappa shape index (κ3) is 10.1. The number of nitrogens with zero attached hydrogens (tertiary/aromatic N) is 2. The Morgan fingerprint density at radius 1 is 0.762 bits per heavy atom. The summed E-state index contributed by atoms with van der Waals surface area (Å²) in [6.45, 7) is 21.2. The molecule has 0 fully saturated rings. The van der Waals surface area contributed by atoms with Gasteiger partial charge in [0.2, 0.25) is 0 Å². The van der Waals surface area contributed by atoms with E-state index in [0.29, 0.717) is 0 Å². The number of aryl methyl sites for hydroxylation is 1. The maximum atomic E-state index is 5.84. The topological polar surface area (TPSA) is 15.7 Å². The average molecular weight is 714 g/mol. The van der Waals surface area contributed by atoms with Crippen LogP contribution in [0.25, 0.3) is 0 Å². The van der Waals surface area contributed by atoms with E-state index in [2.05, 4.69) is 102 Å². The number of rotatable bonds is 5. The second kappa shape index (κ2) is 16.4. The van der Waals surface area contributed by atoms with Crippen LogP contribution in [0.15, 0.2) is 78.4 Å². The zero-order valence-corrected chi connectivity index (χ0v) is 29.7. The summed E-state index contributed by atoms with van der Waals surface area (Å²) in [6.07, 6.45) is 8.59. The molecule has 3 aromatic rings. The first-order chi connectivity index (χ1) is 19.1. The molecule has 0 unspecified atom stereocenters. The summed E-state index contributed by atoms with van der Waals surface area (Å²) in [6, 6.07) is 20.7. The minimum Gasteiger partial charge on any atom is -0.496 e. The van der Waals surface area contributed by atoms with E-state index in [0.717, 1.165) is 23.3 Å². The van der Waals surface area contributed by atoms with Crippen LogP contribution in [0.4, 0.5) is 11.4 Å². The van der Waals surface area contributed by atoms with Crippen molar-refractivity contribution in [2.24, 2.45) is 0 Å². The Labute approximate surface area is 288 Å². The summed E-state index contributed by atoms with van der Waals surface area (Å²) in [7, 11) is 9.85. The Balaban J connectivity index is 0.000000351. The minimum atomic E-state index is -0.0686. The smallest absolute Gasteiger partial charge is 0.496 e. The largest absolute Gasteiger partial charge is 3.00 e.